The van der Waals surface area contributed by atoms with Gasteiger partial charge < -0.3 is 19.5 Å². The number of carbonyl (C=O) groups is 1. The van der Waals surface area contributed by atoms with E-state index in [2.05, 4.69) is 10.5 Å². The van der Waals surface area contributed by atoms with Gasteiger partial charge in [0.05, 0.1) is 13.2 Å². The Bertz CT molecular complexity index is 932. The van der Waals surface area contributed by atoms with Gasteiger partial charge in [-0.1, -0.05) is 53.2 Å². The number of hydrogen-bond donors (Lipinski definition) is 1. The number of rotatable bonds is 7. The average Bonchev–Trinajstić information content (AvgIpc) is 3.19. The quantitative estimate of drug-likeness (QED) is 0.678. The van der Waals surface area contributed by atoms with Crippen LogP contribution in [0.5, 0.6) is 5.75 Å². The third-order valence-electron chi connectivity index (χ3n) is 4.66. The number of ether oxygens (including phenoxy) is 1. The fourth-order valence-electron chi connectivity index (χ4n) is 3.03. The zero-order valence-corrected chi connectivity index (χ0v) is 16.6. The van der Waals surface area contributed by atoms with Crippen LogP contribution in [0.4, 0.5) is 0 Å². The summed E-state index contributed by atoms with van der Waals surface area (Å²) in [5, 5.41) is 6.86. The highest BCUT2D eigenvalue weighted by molar-refractivity contribution is 5.93. The van der Waals surface area contributed by atoms with Crippen molar-refractivity contribution < 1.29 is 14.1 Å². The third kappa shape index (κ3) is 4.40. The van der Waals surface area contributed by atoms with Crippen LogP contribution in [0.3, 0.4) is 0 Å². The van der Waals surface area contributed by atoms with Crippen molar-refractivity contribution in [1.82, 2.24) is 15.4 Å². The molecule has 6 nitrogen and oxygen atoms in total. The Morgan fingerprint density at radius 1 is 1.18 bits per heavy atom. The fraction of sp³-hybridized carbons (Fsp3) is 0.273. The SMILES string of the molecule is COc1ccccc1[C@@H](CNC(=O)c1cc(-c2ccc(C)cc2)on1)N(C)C. The Morgan fingerprint density at radius 2 is 1.89 bits per heavy atom. The van der Waals surface area contributed by atoms with Gasteiger partial charge in [0, 0.05) is 23.7 Å². The molecule has 0 fully saturated rings. The zero-order chi connectivity index (χ0) is 20.1. The molecular formula is C22H25N3O3. The number of hydrogen-bond acceptors (Lipinski definition) is 5. The minimum Gasteiger partial charge on any atom is -0.496 e. The summed E-state index contributed by atoms with van der Waals surface area (Å²) in [6, 6.07) is 17.3. The number of amides is 1. The number of nitrogens with zero attached hydrogens (tertiary/aromatic N) is 2. The second kappa shape index (κ2) is 8.71. The van der Waals surface area contributed by atoms with Crippen molar-refractivity contribution in [2.75, 3.05) is 27.7 Å². The van der Waals surface area contributed by atoms with Crippen molar-refractivity contribution in [3.8, 4) is 17.1 Å². The van der Waals surface area contributed by atoms with Gasteiger partial charge in [-0.25, -0.2) is 0 Å². The molecule has 1 aromatic heterocycles. The second-order valence-corrected chi connectivity index (χ2v) is 6.87. The van der Waals surface area contributed by atoms with Crippen molar-refractivity contribution in [1.29, 1.82) is 0 Å². The van der Waals surface area contributed by atoms with E-state index in [1.807, 2.05) is 74.4 Å². The largest absolute Gasteiger partial charge is 0.496 e. The lowest BCUT2D eigenvalue weighted by Crippen LogP contribution is -2.34. The van der Waals surface area contributed by atoms with E-state index in [-0.39, 0.29) is 17.6 Å². The average molecular weight is 379 g/mol. The number of nitrogens with one attached hydrogen (secondary N) is 1. The Labute approximate surface area is 165 Å². The van der Waals surface area contributed by atoms with E-state index in [0.717, 1.165) is 22.4 Å². The molecule has 0 spiro atoms. The fourth-order valence-corrected chi connectivity index (χ4v) is 3.03. The Hall–Kier alpha value is -3.12. The minimum atomic E-state index is -0.274. The van der Waals surface area contributed by atoms with Crippen LogP contribution < -0.4 is 10.1 Å². The first kappa shape index (κ1) is 19.6. The van der Waals surface area contributed by atoms with E-state index in [9.17, 15) is 4.79 Å². The van der Waals surface area contributed by atoms with Crippen molar-refractivity contribution in [2.24, 2.45) is 0 Å². The normalized spacial score (nSPS) is 12.0. The van der Waals surface area contributed by atoms with E-state index in [1.165, 1.54) is 0 Å². The molecule has 1 amide bonds. The van der Waals surface area contributed by atoms with E-state index in [0.29, 0.717) is 12.3 Å². The molecule has 0 unspecified atom stereocenters. The molecule has 0 aliphatic carbocycles. The van der Waals surface area contributed by atoms with Crippen molar-refractivity contribution >= 4 is 5.91 Å². The van der Waals surface area contributed by atoms with E-state index in [4.69, 9.17) is 9.26 Å². The van der Waals surface area contributed by atoms with Crippen LogP contribution in [-0.2, 0) is 0 Å². The molecule has 6 heteroatoms. The van der Waals surface area contributed by atoms with Gasteiger partial charge in [0.2, 0.25) is 0 Å². The molecule has 0 aliphatic rings. The summed E-state index contributed by atoms with van der Waals surface area (Å²) in [6.45, 7) is 2.44. The van der Waals surface area contributed by atoms with E-state index in [1.54, 1.807) is 13.2 Å². The van der Waals surface area contributed by atoms with Gasteiger partial charge in [-0.15, -0.1) is 0 Å². The molecule has 0 bridgehead atoms. The predicted octanol–water partition coefficient (Wildman–Crippen LogP) is 3.69. The summed E-state index contributed by atoms with van der Waals surface area (Å²) >= 11 is 0. The topological polar surface area (TPSA) is 67.6 Å². The molecule has 1 heterocycles. The molecule has 1 N–H and O–H groups in total. The second-order valence-electron chi connectivity index (χ2n) is 6.87. The maximum Gasteiger partial charge on any atom is 0.273 e. The molecule has 1 atom stereocenters. The molecule has 0 saturated carbocycles. The number of para-hydroxylation sites is 1. The van der Waals surface area contributed by atoms with Gasteiger partial charge >= 0.3 is 0 Å². The highest BCUT2D eigenvalue weighted by Gasteiger charge is 2.20. The van der Waals surface area contributed by atoms with Gasteiger partial charge in [0.15, 0.2) is 11.5 Å². The number of methoxy groups -OCH3 is 1. The van der Waals surface area contributed by atoms with Crippen molar-refractivity contribution in [2.45, 2.75) is 13.0 Å². The van der Waals surface area contributed by atoms with Crippen LogP contribution in [0, 0.1) is 6.92 Å². The lowest BCUT2D eigenvalue weighted by Gasteiger charge is -2.26. The van der Waals surface area contributed by atoms with E-state index < -0.39 is 0 Å². The van der Waals surface area contributed by atoms with Crippen LogP contribution >= 0.6 is 0 Å². The van der Waals surface area contributed by atoms with Gasteiger partial charge in [-0.2, -0.15) is 0 Å². The van der Waals surface area contributed by atoms with Gasteiger partial charge in [-0.3, -0.25) is 4.79 Å². The molecular weight excluding hydrogens is 354 g/mol. The summed E-state index contributed by atoms with van der Waals surface area (Å²) in [5.74, 6) is 1.08. The number of aryl methyl sites for hydroxylation is 1. The van der Waals surface area contributed by atoms with Crippen LogP contribution in [0.25, 0.3) is 11.3 Å². The van der Waals surface area contributed by atoms with Crippen LogP contribution in [-0.4, -0.2) is 43.7 Å². The number of carbonyl (C=O) groups excluding carboxylic acids is 1. The lowest BCUT2D eigenvalue weighted by molar-refractivity contribution is 0.0932. The summed E-state index contributed by atoms with van der Waals surface area (Å²) in [7, 11) is 5.58. The third-order valence-corrected chi connectivity index (χ3v) is 4.66. The first-order valence-corrected chi connectivity index (χ1v) is 9.11. The molecule has 0 radical (unpaired) electrons. The Balaban J connectivity index is 1.71. The molecule has 0 saturated heterocycles. The minimum absolute atomic E-state index is 0.0384. The Kier molecular flexibility index (Phi) is 6.11. The zero-order valence-electron chi connectivity index (χ0n) is 16.6. The van der Waals surface area contributed by atoms with E-state index >= 15 is 0 Å². The molecule has 3 aromatic rings. The maximum atomic E-state index is 12.6. The molecule has 0 aliphatic heterocycles. The highest BCUT2D eigenvalue weighted by atomic mass is 16.5. The van der Waals surface area contributed by atoms with Crippen LogP contribution in [0.1, 0.15) is 27.7 Å². The number of likely N-dealkylation sites (N-methyl/N-ethyl adjacent to an activating group) is 1. The highest BCUT2D eigenvalue weighted by Crippen LogP contribution is 2.27. The van der Waals surface area contributed by atoms with Gasteiger partial charge in [0.25, 0.3) is 5.91 Å². The summed E-state index contributed by atoms with van der Waals surface area (Å²) in [5.41, 5.74) is 3.31. The van der Waals surface area contributed by atoms with Crippen LogP contribution in [0.15, 0.2) is 59.1 Å². The first-order valence-electron chi connectivity index (χ1n) is 9.11. The standard InChI is InChI=1S/C22H25N3O3/c1-15-9-11-16(12-10-15)21-13-18(24-28-21)22(26)23-14-19(25(2)3)17-7-5-6-8-20(17)27-4/h5-13,19H,14H2,1-4H3,(H,23,26)/t19-/m1/s1. The van der Waals surface area contributed by atoms with Gasteiger partial charge in [-0.05, 0) is 27.1 Å². The number of benzene rings is 2. The number of aromatic nitrogens is 1. The summed E-state index contributed by atoms with van der Waals surface area (Å²) in [6.07, 6.45) is 0. The lowest BCUT2D eigenvalue weighted by atomic mass is 10.0. The smallest absolute Gasteiger partial charge is 0.273 e. The van der Waals surface area contributed by atoms with Crippen LogP contribution in [0.2, 0.25) is 0 Å². The molecule has 146 valence electrons. The van der Waals surface area contributed by atoms with Crippen molar-refractivity contribution in [3.05, 3.63) is 71.4 Å². The summed E-state index contributed by atoms with van der Waals surface area (Å²) < 4.78 is 10.8. The monoisotopic (exact) mass is 379 g/mol. The predicted molar refractivity (Wildman–Crippen MR) is 108 cm³/mol. The maximum absolute atomic E-state index is 12.6. The summed E-state index contributed by atoms with van der Waals surface area (Å²) in [4.78, 5) is 14.6. The molecule has 2 aromatic carbocycles. The Morgan fingerprint density at radius 3 is 2.57 bits per heavy atom. The molecule has 3 rings (SSSR count). The first-order chi connectivity index (χ1) is 13.5. The van der Waals surface area contributed by atoms with Gasteiger partial charge in [0.1, 0.15) is 5.75 Å². The van der Waals surface area contributed by atoms with Crippen molar-refractivity contribution in [3.63, 3.8) is 0 Å². The molecule has 28 heavy (non-hydrogen) atoms.